The van der Waals surface area contributed by atoms with Crippen LogP contribution in [-0.2, 0) is 23.1 Å². The lowest BCUT2D eigenvalue weighted by Crippen LogP contribution is -2.74. The van der Waals surface area contributed by atoms with E-state index in [2.05, 4.69) is 4.90 Å². The number of halogens is 1. The van der Waals surface area contributed by atoms with Crippen LogP contribution in [-0.4, -0.2) is 68.8 Å². The zero-order chi connectivity index (χ0) is 25.2. The molecule has 2 bridgehead atoms. The number of hydrogen-bond donors (Lipinski definition) is 3. The van der Waals surface area contributed by atoms with Crippen molar-refractivity contribution in [3.63, 3.8) is 0 Å². The van der Waals surface area contributed by atoms with Gasteiger partial charge in [-0.3, -0.25) is 9.69 Å². The highest BCUT2D eigenvalue weighted by atomic mass is 35.5. The SMILES string of the molecule is CN(C(=O)Cc1cccc(Cl)c1)[C@@H]1CC[C@@]2(O)[C@H]3Cc4ccc(O)c(O)c4[C@@]2(CCN3CC2CC2)C1. The van der Waals surface area contributed by atoms with Gasteiger partial charge in [-0.2, -0.15) is 0 Å². The number of carbonyl (C=O) groups excluding carboxylic acids is 1. The van der Waals surface area contributed by atoms with Gasteiger partial charge in [0.15, 0.2) is 11.5 Å². The predicted molar refractivity (Wildman–Crippen MR) is 138 cm³/mol. The molecule has 0 radical (unpaired) electrons. The molecule has 6 nitrogen and oxygen atoms in total. The minimum absolute atomic E-state index is 0.0167. The van der Waals surface area contributed by atoms with Gasteiger partial charge in [-0.25, -0.2) is 0 Å². The largest absolute Gasteiger partial charge is 0.504 e. The van der Waals surface area contributed by atoms with Crippen molar-refractivity contribution < 1.29 is 20.1 Å². The summed E-state index contributed by atoms with van der Waals surface area (Å²) in [5.74, 6) is 0.496. The summed E-state index contributed by atoms with van der Waals surface area (Å²) in [7, 11) is 1.85. The Kier molecular flexibility index (Phi) is 5.78. The number of hydrogen-bond acceptors (Lipinski definition) is 5. The van der Waals surface area contributed by atoms with Crippen molar-refractivity contribution >= 4 is 17.5 Å². The highest BCUT2D eigenvalue weighted by molar-refractivity contribution is 6.30. The van der Waals surface area contributed by atoms with Crippen LogP contribution >= 0.6 is 11.6 Å². The maximum atomic E-state index is 13.3. The first-order valence-corrected chi connectivity index (χ1v) is 13.6. The third kappa shape index (κ3) is 3.72. The van der Waals surface area contributed by atoms with Crippen molar-refractivity contribution in [2.45, 2.75) is 74.5 Å². The van der Waals surface area contributed by atoms with Gasteiger partial charge in [-0.1, -0.05) is 29.8 Å². The topological polar surface area (TPSA) is 84.2 Å². The number of fused-ring (bicyclic) bond motifs is 1. The van der Waals surface area contributed by atoms with Crippen LogP contribution in [0.4, 0.5) is 0 Å². The second kappa shape index (κ2) is 8.64. The Morgan fingerprint density at radius 3 is 2.72 bits per heavy atom. The zero-order valence-corrected chi connectivity index (χ0v) is 21.5. The molecule has 3 aliphatic carbocycles. The van der Waals surface area contributed by atoms with Crippen molar-refractivity contribution in [3.8, 4) is 11.5 Å². The second-order valence-corrected chi connectivity index (χ2v) is 12.0. The minimum Gasteiger partial charge on any atom is -0.504 e. The molecular formula is C29H35ClN2O4. The summed E-state index contributed by atoms with van der Waals surface area (Å²) in [6.07, 6.45) is 6.00. The summed E-state index contributed by atoms with van der Waals surface area (Å²) in [5.41, 5.74) is 0.874. The molecule has 7 heteroatoms. The molecule has 0 unspecified atom stereocenters. The Labute approximate surface area is 217 Å². The molecule has 3 N–H and O–H groups in total. The van der Waals surface area contributed by atoms with Gasteiger partial charge in [-0.15, -0.1) is 0 Å². The van der Waals surface area contributed by atoms with Crippen LogP contribution in [0.3, 0.4) is 0 Å². The lowest BCUT2D eigenvalue weighted by Gasteiger charge is -2.65. The van der Waals surface area contributed by atoms with Crippen LogP contribution in [0.5, 0.6) is 11.5 Å². The van der Waals surface area contributed by atoms with E-state index in [4.69, 9.17) is 11.6 Å². The average molecular weight is 511 g/mol. The molecule has 1 amide bonds. The van der Waals surface area contributed by atoms with Crippen molar-refractivity contribution in [3.05, 3.63) is 58.1 Å². The van der Waals surface area contributed by atoms with E-state index in [-0.39, 0.29) is 35.9 Å². The number of likely N-dealkylation sites (tertiary alicyclic amines) is 1. The summed E-state index contributed by atoms with van der Waals surface area (Å²) in [6, 6.07) is 10.8. The van der Waals surface area contributed by atoms with Crippen LogP contribution in [0.2, 0.25) is 5.02 Å². The molecule has 2 aromatic rings. The van der Waals surface area contributed by atoms with Crippen LogP contribution in [0.1, 0.15) is 55.2 Å². The maximum Gasteiger partial charge on any atom is 0.226 e. The lowest BCUT2D eigenvalue weighted by molar-refractivity contribution is -0.178. The highest BCUT2D eigenvalue weighted by Crippen LogP contribution is 2.61. The lowest BCUT2D eigenvalue weighted by atomic mass is 9.48. The summed E-state index contributed by atoms with van der Waals surface area (Å²) >= 11 is 6.13. The predicted octanol–water partition coefficient (Wildman–Crippen LogP) is 4.01. The van der Waals surface area contributed by atoms with E-state index >= 15 is 0 Å². The molecule has 2 aromatic carbocycles. The Hall–Kier alpha value is -2.28. The summed E-state index contributed by atoms with van der Waals surface area (Å²) < 4.78 is 0. The molecule has 4 atom stereocenters. The standard InChI is InChI=1S/C29H35ClN2O4/c1-31(25(34)14-19-3-2-4-21(30)13-19)22-9-10-29(36)24-15-20-7-8-23(33)27(35)26(20)28(29,16-22)11-12-32(24)17-18-5-6-18/h2-4,7-8,13,18,22,24,33,35-36H,5-6,9-12,14-17H2,1H3/t22-,24-,28-,29-/m1/s1. The smallest absolute Gasteiger partial charge is 0.226 e. The number of phenols is 2. The summed E-state index contributed by atoms with van der Waals surface area (Å²) in [5, 5.41) is 34.7. The molecule has 192 valence electrons. The molecule has 6 rings (SSSR count). The quantitative estimate of drug-likeness (QED) is 0.529. The van der Waals surface area contributed by atoms with E-state index in [1.165, 1.54) is 12.8 Å². The maximum absolute atomic E-state index is 13.3. The molecular weight excluding hydrogens is 476 g/mol. The van der Waals surface area contributed by atoms with Crippen molar-refractivity contribution in [1.29, 1.82) is 0 Å². The fraction of sp³-hybridized carbons (Fsp3) is 0.552. The monoisotopic (exact) mass is 510 g/mol. The number of benzene rings is 2. The number of aliphatic hydroxyl groups is 1. The van der Waals surface area contributed by atoms with Gasteiger partial charge in [0.1, 0.15) is 0 Å². The fourth-order valence-corrected chi connectivity index (χ4v) is 7.72. The van der Waals surface area contributed by atoms with Crippen molar-refractivity contribution in [1.82, 2.24) is 9.80 Å². The van der Waals surface area contributed by atoms with Gasteiger partial charge in [0, 0.05) is 41.7 Å². The molecule has 4 aliphatic rings. The van der Waals surface area contributed by atoms with Crippen LogP contribution in [0.15, 0.2) is 36.4 Å². The van der Waals surface area contributed by atoms with E-state index in [0.717, 1.165) is 30.1 Å². The molecule has 36 heavy (non-hydrogen) atoms. The van der Waals surface area contributed by atoms with Gasteiger partial charge in [0.05, 0.1) is 12.0 Å². The zero-order valence-electron chi connectivity index (χ0n) is 20.8. The van der Waals surface area contributed by atoms with Crippen molar-refractivity contribution in [2.24, 2.45) is 5.92 Å². The van der Waals surface area contributed by atoms with E-state index in [1.54, 1.807) is 12.1 Å². The number of aromatic hydroxyl groups is 2. The number of phenolic OH excluding ortho intramolecular Hbond substituents is 2. The Balaban J connectivity index is 1.34. The van der Waals surface area contributed by atoms with Crippen LogP contribution in [0.25, 0.3) is 0 Å². The van der Waals surface area contributed by atoms with Gasteiger partial charge >= 0.3 is 0 Å². The molecule has 3 fully saturated rings. The van der Waals surface area contributed by atoms with Gasteiger partial charge in [0.2, 0.25) is 5.91 Å². The first kappa shape index (κ1) is 24.1. The Morgan fingerprint density at radius 2 is 1.97 bits per heavy atom. The number of carbonyl (C=O) groups is 1. The number of piperidine rings is 1. The first-order chi connectivity index (χ1) is 17.2. The summed E-state index contributed by atoms with van der Waals surface area (Å²) in [6.45, 7) is 1.87. The second-order valence-electron chi connectivity index (χ2n) is 11.6. The Bertz CT molecular complexity index is 1200. The fourth-order valence-electron chi connectivity index (χ4n) is 7.51. The minimum atomic E-state index is -1.01. The van der Waals surface area contributed by atoms with Gasteiger partial charge in [-0.05, 0) is 86.7 Å². The number of nitrogens with zero attached hydrogens (tertiary/aromatic N) is 2. The Morgan fingerprint density at radius 1 is 1.17 bits per heavy atom. The number of amides is 1. The van der Waals surface area contributed by atoms with Crippen LogP contribution < -0.4 is 0 Å². The summed E-state index contributed by atoms with van der Waals surface area (Å²) in [4.78, 5) is 17.6. The number of likely N-dealkylation sites (N-methyl/N-ethyl adjacent to an activating group) is 1. The highest BCUT2D eigenvalue weighted by Gasteiger charge is 2.66. The molecule has 1 aliphatic heterocycles. The van der Waals surface area contributed by atoms with Crippen molar-refractivity contribution in [2.75, 3.05) is 20.1 Å². The average Bonchev–Trinajstić information content (AvgIpc) is 3.66. The molecule has 1 saturated heterocycles. The molecule has 0 spiro atoms. The van der Waals surface area contributed by atoms with E-state index in [1.807, 2.05) is 36.2 Å². The van der Waals surface area contributed by atoms with E-state index in [0.29, 0.717) is 42.7 Å². The third-order valence-electron chi connectivity index (χ3n) is 9.60. The normalized spacial score (nSPS) is 31.4. The van der Waals surface area contributed by atoms with E-state index < -0.39 is 11.0 Å². The van der Waals surface area contributed by atoms with Crippen LogP contribution in [0, 0.1) is 5.92 Å². The molecule has 0 aromatic heterocycles. The first-order valence-electron chi connectivity index (χ1n) is 13.2. The van der Waals surface area contributed by atoms with E-state index in [9.17, 15) is 20.1 Å². The van der Waals surface area contributed by atoms with Gasteiger partial charge in [0.25, 0.3) is 0 Å². The third-order valence-corrected chi connectivity index (χ3v) is 9.83. The van der Waals surface area contributed by atoms with Gasteiger partial charge < -0.3 is 20.2 Å². The number of rotatable bonds is 5. The molecule has 1 heterocycles. The molecule has 2 saturated carbocycles.